The molecule has 0 saturated carbocycles. The van der Waals surface area contributed by atoms with Crippen LogP contribution in [0.4, 0.5) is 0 Å². The van der Waals surface area contributed by atoms with Crippen molar-refractivity contribution in [1.29, 1.82) is 0 Å². The molecule has 0 aromatic heterocycles. The summed E-state index contributed by atoms with van der Waals surface area (Å²) in [7, 11) is 0. The molecule has 0 amide bonds. The van der Waals surface area contributed by atoms with Crippen LogP contribution in [-0.4, -0.2) is 6.04 Å². The molecule has 0 aliphatic rings. The first-order valence-electron chi connectivity index (χ1n) is 5.17. The van der Waals surface area contributed by atoms with Crippen molar-refractivity contribution in [2.24, 2.45) is 11.7 Å². The molecule has 0 bridgehead atoms. The smallest absolute Gasteiger partial charge is 0.0229 e. The van der Waals surface area contributed by atoms with Crippen LogP contribution in [0.1, 0.15) is 25.8 Å². The second-order valence-electron chi connectivity index (χ2n) is 4.06. The molecule has 0 aliphatic heterocycles. The molecule has 1 rings (SSSR count). The van der Waals surface area contributed by atoms with E-state index in [1.54, 1.807) is 0 Å². The Morgan fingerprint density at radius 3 is 2.33 bits per heavy atom. The Hall–Kier alpha value is -0.790. The van der Waals surface area contributed by atoms with Gasteiger partial charge in [-0.15, -0.1) is 12.4 Å². The predicted molar refractivity (Wildman–Crippen MR) is 70.2 cm³/mol. The first kappa shape index (κ1) is 14.2. The van der Waals surface area contributed by atoms with Gasteiger partial charge in [0.1, 0.15) is 0 Å². The highest BCUT2D eigenvalue weighted by molar-refractivity contribution is 5.85. The normalized spacial score (nSPS) is 12.8. The van der Waals surface area contributed by atoms with Gasteiger partial charge >= 0.3 is 0 Å². The Bertz CT molecular complexity index is 280. The zero-order valence-corrected chi connectivity index (χ0v) is 10.2. The quantitative estimate of drug-likeness (QED) is 0.834. The lowest BCUT2D eigenvalue weighted by molar-refractivity contribution is 0.547. The standard InChI is InChI=1S/C13H19N.ClH/c1-11(2)10-13(14)9-8-12-6-4-3-5-7-12;/h3-9,11,13H,10,14H2,1-2H3;1H. The lowest BCUT2D eigenvalue weighted by Crippen LogP contribution is -2.18. The molecule has 2 N–H and O–H groups in total. The molecule has 15 heavy (non-hydrogen) atoms. The van der Waals surface area contributed by atoms with Crippen LogP contribution < -0.4 is 5.73 Å². The third-order valence-electron chi connectivity index (χ3n) is 2.08. The molecular weight excluding hydrogens is 206 g/mol. The van der Waals surface area contributed by atoms with Crippen LogP contribution in [0, 0.1) is 5.92 Å². The summed E-state index contributed by atoms with van der Waals surface area (Å²) in [4.78, 5) is 0. The molecule has 0 spiro atoms. The molecule has 1 unspecified atom stereocenters. The van der Waals surface area contributed by atoms with Crippen molar-refractivity contribution < 1.29 is 0 Å². The third-order valence-corrected chi connectivity index (χ3v) is 2.08. The summed E-state index contributed by atoms with van der Waals surface area (Å²) in [5.74, 6) is 0.658. The largest absolute Gasteiger partial charge is 0.324 e. The molecule has 1 aromatic rings. The number of hydrogen-bond acceptors (Lipinski definition) is 1. The Kier molecular flexibility index (Phi) is 7.10. The average Bonchev–Trinajstić information content (AvgIpc) is 2.15. The second kappa shape index (κ2) is 7.49. The number of halogens is 1. The Balaban J connectivity index is 0.00000196. The molecule has 0 aliphatic carbocycles. The first-order valence-corrected chi connectivity index (χ1v) is 5.17. The van der Waals surface area contributed by atoms with Gasteiger partial charge in [0.15, 0.2) is 0 Å². The lowest BCUT2D eigenvalue weighted by Gasteiger charge is -2.08. The summed E-state index contributed by atoms with van der Waals surface area (Å²) >= 11 is 0. The predicted octanol–water partition coefficient (Wildman–Crippen LogP) is 3.50. The van der Waals surface area contributed by atoms with E-state index < -0.39 is 0 Å². The van der Waals surface area contributed by atoms with E-state index in [0.29, 0.717) is 5.92 Å². The van der Waals surface area contributed by atoms with Crippen molar-refractivity contribution in [2.75, 3.05) is 0 Å². The van der Waals surface area contributed by atoms with Gasteiger partial charge in [-0.3, -0.25) is 0 Å². The summed E-state index contributed by atoms with van der Waals surface area (Å²) in [6.45, 7) is 4.38. The fraction of sp³-hybridized carbons (Fsp3) is 0.385. The molecule has 0 heterocycles. The van der Waals surface area contributed by atoms with E-state index in [1.807, 2.05) is 18.2 Å². The monoisotopic (exact) mass is 225 g/mol. The molecule has 0 saturated heterocycles. The summed E-state index contributed by atoms with van der Waals surface area (Å²) in [5, 5.41) is 0. The van der Waals surface area contributed by atoms with Crippen molar-refractivity contribution >= 4 is 18.5 Å². The minimum atomic E-state index is 0. The fourth-order valence-electron chi connectivity index (χ4n) is 1.42. The van der Waals surface area contributed by atoms with Crippen LogP contribution in [-0.2, 0) is 0 Å². The summed E-state index contributed by atoms with van der Waals surface area (Å²) < 4.78 is 0. The highest BCUT2D eigenvalue weighted by Crippen LogP contribution is 2.06. The van der Waals surface area contributed by atoms with Crippen molar-refractivity contribution in [2.45, 2.75) is 26.3 Å². The average molecular weight is 226 g/mol. The molecular formula is C13H20ClN. The maximum absolute atomic E-state index is 5.94. The van der Waals surface area contributed by atoms with Crippen LogP contribution in [0.15, 0.2) is 36.4 Å². The van der Waals surface area contributed by atoms with E-state index in [9.17, 15) is 0 Å². The van der Waals surface area contributed by atoms with Gasteiger partial charge in [0.2, 0.25) is 0 Å². The zero-order valence-electron chi connectivity index (χ0n) is 9.39. The maximum Gasteiger partial charge on any atom is 0.0229 e. The number of benzene rings is 1. The van der Waals surface area contributed by atoms with Gasteiger partial charge in [-0.2, -0.15) is 0 Å². The molecule has 0 radical (unpaired) electrons. The van der Waals surface area contributed by atoms with Gasteiger partial charge in [-0.05, 0) is 17.9 Å². The van der Waals surface area contributed by atoms with Gasteiger partial charge < -0.3 is 5.73 Å². The Morgan fingerprint density at radius 1 is 1.20 bits per heavy atom. The van der Waals surface area contributed by atoms with Gasteiger partial charge in [0.25, 0.3) is 0 Å². The molecule has 0 fully saturated rings. The Morgan fingerprint density at radius 2 is 1.80 bits per heavy atom. The molecule has 1 aromatic carbocycles. The maximum atomic E-state index is 5.94. The first-order chi connectivity index (χ1) is 6.68. The highest BCUT2D eigenvalue weighted by Gasteiger charge is 2.00. The second-order valence-corrected chi connectivity index (χ2v) is 4.06. The zero-order chi connectivity index (χ0) is 10.4. The van der Waals surface area contributed by atoms with Gasteiger partial charge in [-0.1, -0.05) is 56.3 Å². The van der Waals surface area contributed by atoms with Crippen LogP contribution in [0.5, 0.6) is 0 Å². The van der Waals surface area contributed by atoms with Crippen molar-refractivity contribution in [3.05, 3.63) is 42.0 Å². The fourth-order valence-corrected chi connectivity index (χ4v) is 1.42. The van der Waals surface area contributed by atoms with E-state index in [4.69, 9.17) is 5.73 Å². The van der Waals surface area contributed by atoms with Crippen LogP contribution in [0.2, 0.25) is 0 Å². The SMILES string of the molecule is CC(C)CC(N)C=Cc1ccccc1.Cl. The van der Waals surface area contributed by atoms with Crippen LogP contribution in [0.3, 0.4) is 0 Å². The van der Waals surface area contributed by atoms with E-state index >= 15 is 0 Å². The minimum absolute atomic E-state index is 0. The van der Waals surface area contributed by atoms with Gasteiger partial charge in [0, 0.05) is 6.04 Å². The van der Waals surface area contributed by atoms with Crippen LogP contribution in [0.25, 0.3) is 6.08 Å². The molecule has 1 atom stereocenters. The summed E-state index contributed by atoms with van der Waals surface area (Å²) in [6, 6.07) is 10.4. The molecule has 1 nitrogen and oxygen atoms in total. The van der Waals surface area contributed by atoms with Crippen molar-refractivity contribution in [3.8, 4) is 0 Å². The Labute approximate surface area is 98.8 Å². The molecule has 84 valence electrons. The summed E-state index contributed by atoms with van der Waals surface area (Å²) in [5.41, 5.74) is 7.15. The lowest BCUT2D eigenvalue weighted by atomic mass is 10.0. The summed E-state index contributed by atoms with van der Waals surface area (Å²) in [6.07, 6.45) is 5.21. The number of nitrogens with two attached hydrogens (primary N) is 1. The van der Waals surface area contributed by atoms with Crippen LogP contribution >= 0.6 is 12.4 Å². The van der Waals surface area contributed by atoms with E-state index in [-0.39, 0.29) is 18.4 Å². The van der Waals surface area contributed by atoms with Gasteiger partial charge in [0.05, 0.1) is 0 Å². The van der Waals surface area contributed by atoms with Crippen molar-refractivity contribution in [3.63, 3.8) is 0 Å². The number of hydrogen-bond donors (Lipinski definition) is 1. The van der Waals surface area contributed by atoms with Gasteiger partial charge in [-0.25, -0.2) is 0 Å². The third kappa shape index (κ3) is 6.32. The minimum Gasteiger partial charge on any atom is -0.324 e. The van der Waals surface area contributed by atoms with E-state index in [1.165, 1.54) is 5.56 Å². The van der Waals surface area contributed by atoms with Crippen molar-refractivity contribution in [1.82, 2.24) is 0 Å². The number of rotatable bonds is 4. The highest BCUT2D eigenvalue weighted by atomic mass is 35.5. The van der Waals surface area contributed by atoms with E-state index in [2.05, 4.69) is 38.1 Å². The van der Waals surface area contributed by atoms with E-state index in [0.717, 1.165) is 6.42 Å². The molecule has 2 heteroatoms. The topological polar surface area (TPSA) is 26.0 Å².